The van der Waals surface area contributed by atoms with Crippen LogP contribution in [0.1, 0.15) is 27.2 Å². The van der Waals surface area contributed by atoms with Gasteiger partial charge in [0.15, 0.2) is 0 Å². The van der Waals surface area contributed by atoms with Crippen LogP contribution in [-0.4, -0.2) is 88.7 Å². The number of alkyl halides is 4. The highest BCUT2D eigenvalue weighted by atomic mass is 35.5. The molecule has 1 amide bonds. The highest BCUT2D eigenvalue weighted by Crippen LogP contribution is 2.40. The van der Waals surface area contributed by atoms with Crippen molar-refractivity contribution in [2.75, 3.05) is 70.9 Å². The lowest BCUT2D eigenvalue weighted by Crippen LogP contribution is -2.45. The predicted octanol–water partition coefficient (Wildman–Crippen LogP) is 5.82. The summed E-state index contributed by atoms with van der Waals surface area (Å²) in [6.07, 6.45) is -4.69. The maximum absolute atomic E-state index is 13.7. The molecule has 1 fully saturated rings. The maximum Gasteiger partial charge on any atom is 0.393 e. The van der Waals surface area contributed by atoms with E-state index in [9.17, 15) is 22.5 Å². The van der Waals surface area contributed by atoms with Gasteiger partial charge in [-0.05, 0) is 68.6 Å². The number of piperidine rings is 1. The predicted molar refractivity (Wildman–Crippen MR) is 176 cm³/mol. The number of fused-ring (bicyclic) bond motifs is 1. The summed E-state index contributed by atoms with van der Waals surface area (Å²) in [5, 5.41) is 10.3. The number of halogens is 4. The Hall–Kier alpha value is -2.74. The minimum Gasteiger partial charge on any atom is -0.383 e. The van der Waals surface area contributed by atoms with E-state index in [-0.39, 0.29) is 29.4 Å². The third kappa shape index (κ3) is 8.92. The fraction of sp³-hybridized carbons (Fsp3) is 0.452. The van der Waals surface area contributed by atoms with Crippen molar-refractivity contribution in [2.45, 2.75) is 30.4 Å². The molecule has 4 rings (SSSR count). The van der Waals surface area contributed by atoms with Crippen LogP contribution in [-0.2, 0) is 15.7 Å². The second-order valence-electron chi connectivity index (χ2n) is 11.2. The number of hydrogen-bond donors (Lipinski definition) is 3. The minimum absolute atomic E-state index is 0.00743. The molecule has 44 heavy (non-hydrogen) atoms. The summed E-state index contributed by atoms with van der Waals surface area (Å²) in [5.74, 6) is 5.53. The first-order valence-electron chi connectivity index (χ1n) is 14.2. The summed E-state index contributed by atoms with van der Waals surface area (Å²) in [4.78, 5) is 15.4. The standard InChI is InChI=1S/C31H37ClF3N4O3PS/c1-39-15-12-26(24(32)19-39)38-27-8-5-7-21-23(18-31(33,34)35)28(44-29(21)27)9-6-13-36-25-11-10-20(43(3,4)41)17-22(25)30(40)37-14-16-42-2/h5,7-8,10-11,17,24,26,36,38H,12-16,18-19H2,1-4H3,(H,37,40)/t24-,26+/m0/s1. The molecular formula is C31H37ClF3N4O3PS. The van der Waals surface area contributed by atoms with Gasteiger partial charge in [0.25, 0.3) is 5.91 Å². The number of ether oxygens (including phenoxy) is 1. The quantitative estimate of drug-likeness (QED) is 0.109. The second-order valence-corrected chi connectivity index (χ2v) is 16.0. The molecular weight excluding hydrogens is 632 g/mol. The first-order valence-corrected chi connectivity index (χ1v) is 18.0. The SMILES string of the molecule is COCCNC(=O)c1cc(P(C)(C)=O)ccc1NCC#Cc1sc2c(N[C@@H]3CCN(C)C[C@@H]3Cl)cccc2c1CC(F)(F)F. The van der Waals surface area contributed by atoms with Gasteiger partial charge in [-0.1, -0.05) is 24.0 Å². The van der Waals surface area contributed by atoms with Crippen LogP contribution in [0.5, 0.6) is 0 Å². The van der Waals surface area contributed by atoms with Crippen LogP contribution in [0.25, 0.3) is 10.1 Å². The summed E-state index contributed by atoms with van der Waals surface area (Å²) in [6, 6.07) is 10.3. The van der Waals surface area contributed by atoms with Crippen LogP contribution in [0, 0.1) is 11.8 Å². The van der Waals surface area contributed by atoms with Crippen LogP contribution in [0.15, 0.2) is 36.4 Å². The van der Waals surface area contributed by atoms with Crippen LogP contribution in [0.3, 0.4) is 0 Å². The van der Waals surface area contributed by atoms with E-state index < -0.39 is 19.7 Å². The van der Waals surface area contributed by atoms with Crippen LogP contribution in [0.2, 0.25) is 0 Å². The number of thiophene rings is 1. The molecule has 7 nitrogen and oxygen atoms in total. The van der Waals surface area contributed by atoms with Gasteiger partial charge in [-0.25, -0.2) is 0 Å². The summed E-state index contributed by atoms with van der Waals surface area (Å²) in [7, 11) is 0.907. The largest absolute Gasteiger partial charge is 0.393 e. The molecule has 0 bridgehead atoms. The molecule has 0 spiro atoms. The van der Waals surface area contributed by atoms with Crippen molar-refractivity contribution in [1.82, 2.24) is 10.2 Å². The molecule has 1 aliphatic rings. The van der Waals surface area contributed by atoms with E-state index in [0.717, 1.165) is 25.2 Å². The molecule has 13 heteroatoms. The topological polar surface area (TPSA) is 82.7 Å². The molecule has 1 saturated heterocycles. The fourth-order valence-electron chi connectivity index (χ4n) is 5.02. The Labute approximate surface area is 265 Å². The van der Waals surface area contributed by atoms with Gasteiger partial charge in [0.05, 0.1) is 45.8 Å². The zero-order valence-corrected chi connectivity index (χ0v) is 27.6. The Balaban J connectivity index is 1.61. The van der Waals surface area contributed by atoms with Gasteiger partial charge >= 0.3 is 6.18 Å². The molecule has 3 N–H and O–H groups in total. The van der Waals surface area contributed by atoms with Gasteiger partial charge in [0.2, 0.25) is 0 Å². The summed E-state index contributed by atoms with van der Waals surface area (Å²) < 4.78 is 59.4. The highest BCUT2D eigenvalue weighted by Gasteiger charge is 2.32. The van der Waals surface area contributed by atoms with E-state index in [0.29, 0.717) is 44.7 Å². The van der Waals surface area contributed by atoms with E-state index in [2.05, 4.69) is 32.7 Å². The summed E-state index contributed by atoms with van der Waals surface area (Å²) in [6.45, 7) is 5.54. The number of nitrogens with one attached hydrogen (secondary N) is 3. The molecule has 2 aromatic carbocycles. The number of anilines is 2. The number of benzene rings is 2. The van der Waals surface area contributed by atoms with Crippen molar-refractivity contribution in [2.24, 2.45) is 0 Å². The van der Waals surface area contributed by atoms with Crippen LogP contribution < -0.4 is 21.3 Å². The molecule has 2 atom stereocenters. The van der Waals surface area contributed by atoms with E-state index in [4.69, 9.17) is 16.3 Å². The minimum atomic E-state index is -4.41. The van der Waals surface area contributed by atoms with Crippen molar-refractivity contribution >= 4 is 62.8 Å². The molecule has 0 saturated carbocycles. The van der Waals surface area contributed by atoms with E-state index in [1.807, 2.05) is 13.1 Å². The normalized spacial score (nSPS) is 17.6. The third-order valence-electron chi connectivity index (χ3n) is 7.31. The fourth-order valence-corrected chi connectivity index (χ4v) is 7.48. The first-order chi connectivity index (χ1) is 20.8. The lowest BCUT2D eigenvalue weighted by Gasteiger charge is -2.34. The number of amides is 1. The number of carbonyl (C=O) groups is 1. The number of hydrogen-bond acceptors (Lipinski definition) is 7. The molecule has 1 aromatic heterocycles. The van der Waals surface area contributed by atoms with E-state index in [1.54, 1.807) is 43.7 Å². The Morgan fingerprint density at radius 2 is 2.00 bits per heavy atom. The maximum atomic E-state index is 13.7. The lowest BCUT2D eigenvalue weighted by atomic mass is 10.0. The van der Waals surface area contributed by atoms with Gasteiger partial charge < -0.3 is 30.2 Å². The van der Waals surface area contributed by atoms with Gasteiger partial charge in [0, 0.05) is 37.2 Å². The van der Waals surface area contributed by atoms with Gasteiger partial charge in [-0.15, -0.1) is 22.9 Å². The Morgan fingerprint density at radius 1 is 1.23 bits per heavy atom. The van der Waals surface area contributed by atoms with Crippen LogP contribution in [0.4, 0.5) is 24.5 Å². The van der Waals surface area contributed by atoms with Crippen molar-refractivity contribution in [3.05, 3.63) is 52.4 Å². The zero-order chi connectivity index (χ0) is 32.1. The highest BCUT2D eigenvalue weighted by molar-refractivity contribution is 7.70. The van der Waals surface area contributed by atoms with Gasteiger partial charge in [0.1, 0.15) is 7.14 Å². The Morgan fingerprint density at radius 3 is 2.68 bits per heavy atom. The molecule has 0 aliphatic carbocycles. The second kappa shape index (κ2) is 14.6. The average molecular weight is 669 g/mol. The van der Waals surface area contributed by atoms with Gasteiger partial charge in [-0.2, -0.15) is 13.2 Å². The Kier molecular flexibility index (Phi) is 11.3. The number of methoxy groups -OCH3 is 1. The molecule has 0 unspecified atom stereocenters. The molecule has 3 aromatic rings. The number of nitrogens with zero attached hydrogens (tertiary/aromatic N) is 1. The van der Waals surface area contributed by atoms with E-state index in [1.165, 1.54) is 18.4 Å². The molecule has 2 heterocycles. The summed E-state index contributed by atoms with van der Waals surface area (Å²) in [5.41, 5.74) is 1.66. The first kappa shape index (κ1) is 34.1. The van der Waals surface area contributed by atoms with Crippen molar-refractivity contribution in [3.63, 3.8) is 0 Å². The van der Waals surface area contributed by atoms with Gasteiger partial charge in [-0.3, -0.25) is 4.79 Å². The van der Waals surface area contributed by atoms with Crippen molar-refractivity contribution in [3.8, 4) is 11.8 Å². The molecule has 1 aliphatic heterocycles. The van der Waals surface area contributed by atoms with Crippen molar-refractivity contribution < 1.29 is 27.3 Å². The smallest absolute Gasteiger partial charge is 0.383 e. The Bertz CT molecular complexity index is 1600. The summed E-state index contributed by atoms with van der Waals surface area (Å²) >= 11 is 7.83. The number of rotatable bonds is 10. The molecule has 238 valence electrons. The molecule has 0 radical (unpaired) electrons. The van der Waals surface area contributed by atoms with Crippen molar-refractivity contribution in [1.29, 1.82) is 0 Å². The van der Waals surface area contributed by atoms with E-state index >= 15 is 0 Å². The lowest BCUT2D eigenvalue weighted by molar-refractivity contribution is -0.126. The van der Waals surface area contributed by atoms with Crippen LogP contribution >= 0.6 is 30.1 Å². The number of carbonyl (C=O) groups excluding carboxylic acids is 1. The monoisotopic (exact) mass is 668 g/mol. The average Bonchev–Trinajstić information content (AvgIpc) is 3.28. The third-order valence-corrected chi connectivity index (χ3v) is 10.5. The zero-order valence-electron chi connectivity index (χ0n) is 25.1. The number of likely N-dealkylation sites (tertiary alicyclic amines) is 1.